The van der Waals surface area contributed by atoms with Crippen LogP contribution in [0, 0.1) is 6.92 Å². The van der Waals surface area contributed by atoms with Gasteiger partial charge in [0.2, 0.25) is 0 Å². The van der Waals surface area contributed by atoms with Gasteiger partial charge < -0.3 is 5.32 Å². The van der Waals surface area contributed by atoms with Gasteiger partial charge in [0.1, 0.15) is 12.2 Å². The number of nitrogens with zero attached hydrogens (tertiary/aromatic N) is 4. The highest BCUT2D eigenvalue weighted by atomic mass is 35.5. The molecule has 2 heterocycles. The van der Waals surface area contributed by atoms with Crippen LogP contribution in [0.5, 0.6) is 0 Å². The first-order chi connectivity index (χ1) is 15.0. The summed E-state index contributed by atoms with van der Waals surface area (Å²) in [7, 11) is 0. The van der Waals surface area contributed by atoms with Gasteiger partial charge >= 0.3 is 0 Å². The summed E-state index contributed by atoms with van der Waals surface area (Å²) in [5.41, 5.74) is 4.28. The Morgan fingerprint density at radius 1 is 1.03 bits per heavy atom. The molecule has 0 amide bonds. The van der Waals surface area contributed by atoms with Crippen molar-refractivity contribution in [3.05, 3.63) is 64.4 Å². The minimum Gasteiger partial charge on any atom is -0.365 e. The molecule has 0 aliphatic heterocycles. The molecule has 0 bridgehead atoms. The normalized spacial score (nSPS) is 12.3. The number of fused-ring (bicyclic) bond motifs is 1. The predicted octanol–water partition coefficient (Wildman–Crippen LogP) is 7.09. The number of hydrogen-bond acceptors (Lipinski definition) is 4. The van der Waals surface area contributed by atoms with Crippen molar-refractivity contribution >= 4 is 40.2 Å². The van der Waals surface area contributed by atoms with Gasteiger partial charge in [-0.2, -0.15) is 0 Å². The molecule has 160 valence electrons. The number of rotatable bonds is 7. The van der Waals surface area contributed by atoms with E-state index >= 15 is 0 Å². The molecule has 1 unspecified atom stereocenters. The second-order valence-electron chi connectivity index (χ2n) is 7.66. The molecule has 0 fully saturated rings. The van der Waals surface area contributed by atoms with Crippen LogP contribution in [0.4, 0.5) is 5.82 Å². The van der Waals surface area contributed by atoms with E-state index in [1.54, 1.807) is 6.33 Å². The van der Waals surface area contributed by atoms with Crippen LogP contribution in [0.3, 0.4) is 0 Å². The van der Waals surface area contributed by atoms with Gasteiger partial charge in [0.25, 0.3) is 0 Å². The van der Waals surface area contributed by atoms with Crippen molar-refractivity contribution in [2.24, 2.45) is 0 Å². The zero-order chi connectivity index (χ0) is 22.0. The van der Waals surface area contributed by atoms with E-state index < -0.39 is 0 Å². The summed E-state index contributed by atoms with van der Waals surface area (Å²) in [6, 6.07) is 13.9. The average Bonchev–Trinajstić information content (AvgIpc) is 3.14. The van der Waals surface area contributed by atoms with Gasteiger partial charge in [-0.05, 0) is 61.7 Å². The maximum absolute atomic E-state index is 6.64. The number of nitrogens with one attached hydrogen (secondary N) is 1. The standard InChI is InChI=1S/C24H25Cl2N5/c1-4-6-17(5-2)29-22-21-24(28-14-27-22)31(18-10-8-16(25)9-11-18)23(30-21)19-12-7-15(3)13-20(19)26/h7-14,17H,4-6H2,1-3H3,(H,27,28,29). The van der Waals surface area contributed by atoms with Crippen molar-refractivity contribution in [2.75, 3.05) is 5.32 Å². The summed E-state index contributed by atoms with van der Waals surface area (Å²) >= 11 is 12.8. The van der Waals surface area contributed by atoms with Crippen LogP contribution in [0.1, 0.15) is 38.7 Å². The molecule has 7 heteroatoms. The third-order valence-electron chi connectivity index (χ3n) is 5.37. The monoisotopic (exact) mass is 453 g/mol. The molecule has 0 radical (unpaired) electrons. The number of aryl methyl sites for hydroxylation is 1. The van der Waals surface area contributed by atoms with Crippen LogP contribution in [-0.2, 0) is 0 Å². The second-order valence-corrected chi connectivity index (χ2v) is 8.51. The summed E-state index contributed by atoms with van der Waals surface area (Å²) in [6.07, 6.45) is 4.76. The minimum atomic E-state index is 0.329. The smallest absolute Gasteiger partial charge is 0.170 e. The van der Waals surface area contributed by atoms with Gasteiger partial charge in [-0.15, -0.1) is 0 Å². The van der Waals surface area contributed by atoms with Gasteiger partial charge in [-0.25, -0.2) is 15.0 Å². The molecule has 2 aromatic heterocycles. The van der Waals surface area contributed by atoms with Crippen LogP contribution < -0.4 is 5.32 Å². The van der Waals surface area contributed by atoms with Crippen molar-refractivity contribution in [1.29, 1.82) is 0 Å². The summed E-state index contributed by atoms with van der Waals surface area (Å²) in [5.74, 6) is 1.46. The Morgan fingerprint density at radius 3 is 2.48 bits per heavy atom. The van der Waals surface area contributed by atoms with Crippen molar-refractivity contribution in [2.45, 2.75) is 46.1 Å². The zero-order valence-corrected chi connectivity index (χ0v) is 19.4. The summed E-state index contributed by atoms with van der Waals surface area (Å²) in [6.45, 7) is 6.38. The summed E-state index contributed by atoms with van der Waals surface area (Å²) in [4.78, 5) is 14.1. The molecule has 0 aliphatic carbocycles. The topological polar surface area (TPSA) is 55.6 Å². The molecule has 1 atom stereocenters. The molecular weight excluding hydrogens is 429 g/mol. The van der Waals surface area contributed by atoms with Gasteiger partial charge in [-0.1, -0.05) is 49.5 Å². The zero-order valence-electron chi connectivity index (χ0n) is 17.9. The fourth-order valence-electron chi connectivity index (χ4n) is 3.73. The number of halogens is 2. The van der Waals surface area contributed by atoms with E-state index in [4.69, 9.17) is 28.2 Å². The molecule has 4 aromatic rings. The van der Waals surface area contributed by atoms with E-state index in [1.165, 1.54) is 0 Å². The quantitative estimate of drug-likeness (QED) is 0.324. The molecule has 0 saturated carbocycles. The van der Waals surface area contributed by atoms with Crippen LogP contribution in [0.15, 0.2) is 48.8 Å². The van der Waals surface area contributed by atoms with Crippen LogP contribution in [-0.4, -0.2) is 25.6 Å². The van der Waals surface area contributed by atoms with Crippen molar-refractivity contribution in [3.8, 4) is 17.1 Å². The molecule has 1 N–H and O–H groups in total. The molecule has 0 saturated heterocycles. The number of benzene rings is 2. The highest BCUT2D eigenvalue weighted by molar-refractivity contribution is 6.33. The van der Waals surface area contributed by atoms with Crippen molar-refractivity contribution < 1.29 is 0 Å². The van der Waals surface area contributed by atoms with Gasteiger partial charge in [0, 0.05) is 22.3 Å². The van der Waals surface area contributed by atoms with Gasteiger partial charge in [0.15, 0.2) is 17.0 Å². The summed E-state index contributed by atoms with van der Waals surface area (Å²) in [5, 5.41) is 4.88. The fourth-order valence-corrected chi connectivity index (χ4v) is 4.18. The number of anilines is 1. The van der Waals surface area contributed by atoms with E-state index in [-0.39, 0.29) is 0 Å². The van der Waals surface area contributed by atoms with Crippen molar-refractivity contribution in [3.63, 3.8) is 0 Å². The lowest BCUT2D eigenvalue weighted by Crippen LogP contribution is -2.19. The van der Waals surface area contributed by atoms with E-state index in [1.807, 2.05) is 54.0 Å². The predicted molar refractivity (Wildman–Crippen MR) is 129 cm³/mol. The number of imidazole rings is 1. The highest BCUT2D eigenvalue weighted by Crippen LogP contribution is 2.34. The van der Waals surface area contributed by atoms with Crippen LogP contribution in [0.25, 0.3) is 28.2 Å². The Kier molecular flexibility index (Phi) is 6.44. The Hall–Kier alpha value is -2.63. The third-order valence-corrected chi connectivity index (χ3v) is 5.93. The Balaban J connectivity index is 1.95. The van der Waals surface area contributed by atoms with Crippen molar-refractivity contribution in [1.82, 2.24) is 19.5 Å². The maximum atomic E-state index is 6.64. The highest BCUT2D eigenvalue weighted by Gasteiger charge is 2.21. The Labute approximate surface area is 192 Å². The first kappa shape index (κ1) is 21.6. The second kappa shape index (κ2) is 9.25. The van der Waals surface area contributed by atoms with E-state index in [0.717, 1.165) is 58.9 Å². The lowest BCUT2D eigenvalue weighted by Gasteiger charge is -2.16. The molecular formula is C24H25Cl2N5. The Bertz CT molecular complexity index is 1200. The average molecular weight is 454 g/mol. The van der Waals surface area contributed by atoms with E-state index in [0.29, 0.717) is 16.1 Å². The van der Waals surface area contributed by atoms with Crippen LogP contribution >= 0.6 is 23.2 Å². The Morgan fingerprint density at radius 2 is 1.81 bits per heavy atom. The first-order valence-electron chi connectivity index (χ1n) is 10.5. The largest absolute Gasteiger partial charge is 0.365 e. The third kappa shape index (κ3) is 4.39. The fraction of sp³-hybridized carbons (Fsp3) is 0.292. The molecule has 31 heavy (non-hydrogen) atoms. The van der Waals surface area contributed by atoms with Crippen LogP contribution in [0.2, 0.25) is 10.0 Å². The first-order valence-corrected chi connectivity index (χ1v) is 11.3. The lowest BCUT2D eigenvalue weighted by atomic mass is 10.1. The molecule has 0 spiro atoms. The maximum Gasteiger partial charge on any atom is 0.170 e. The minimum absolute atomic E-state index is 0.329. The molecule has 2 aromatic carbocycles. The number of aromatic nitrogens is 4. The molecule has 4 rings (SSSR count). The lowest BCUT2D eigenvalue weighted by molar-refractivity contribution is 0.621. The van der Waals surface area contributed by atoms with Gasteiger partial charge in [0.05, 0.1) is 5.02 Å². The number of hydrogen-bond donors (Lipinski definition) is 1. The van der Waals surface area contributed by atoms with E-state index in [9.17, 15) is 0 Å². The summed E-state index contributed by atoms with van der Waals surface area (Å²) < 4.78 is 2.01. The molecule has 0 aliphatic rings. The van der Waals surface area contributed by atoms with E-state index in [2.05, 4.69) is 29.1 Å². The van der Waals surface area contributed by atoms with Gasteiger partial charge in [-0.3, -0.25) is 4.57 Å². The SMILES string of the molecule is CCCC(CC)Nc1ncnc2c1nc(-c1ccc(C)cc1Cl)n2-c1ccc(Cl)cc1. The molecule has 5 nitrogen and oxygen atoms in total.